The average Bonchev–Trinajstić information content (AvgIpc) is 3.98. The Labute approximate surface area is 290 Å². The highest BCUT2D eigenvalue weighted by Crippen LogP contribution is 2.39. The molecule has 0 saturated carbocycles. The van der Waals surface area contributed by atoms with Crippen LogP contribution in [0.3, 0.4) is 0 Å². The fourth-order valence-electron chi connectivity index (χ4n) is 5.93. The Morgan fingerprint density at radius 2 is 0.711 bits per heavy atom. The van der Waals surface area contributed by atoms with Crippen LogP contribution in [0.5, 0.6) is 0 Å². The SMILES string of the molecule is [2H]c1c([2H])c([2H])c2c(c1[2H])c1c([2H])c(-n3c4c([2H])c([2H])c([2H])c([2H])c4c4c([2H])c([2H])c(-n5c6c([2H])c([2H])c([2H])c([2H])c6c6c([2H])c([2H])c([2H])c([2H])c65)c([2H])c43)c([2H])c([2H])c1n2-c1ccccc1. The summed E-state index contributed by atoms with van der Waals surface area (Å²) in [7, 11) is 0. The Morgan fingerprint density at radius 3 is 1.29 bits per heavy atom. The van der Waals surface area contributed by atoms with E-state index in [1.165, 1.54) is 4.57 Å². The number of hydrogen-bond acceptors (Lipinski definition) is 0. The van der Waals surface area contributed by atoms with E-state index < -0.39 is 188 Å². The van der Waals surface area contributed by atoms with E-state index in [4.69, 9.17) is 20.6 Å². The highest BCUT2D eigenvalue weighted by molar-refractivity contribution is 6.13. The van der Waals surface area contributed by atoms with Crippen molar-refractivity contribution in [1.82, 2.24) is 13.7 Å². The zero-order valence-electron chi connectivity index (χ0n) is 44.7. The number of hydrogen-bond donors (Lipinski definition) is 0. The van der Waals surface area contributed by atoms with Gasteiger partial charge in [0.25, 0.3) is 0 Å². The fraction of sp³-hybridized carbons (Fsp3) is 0. The minimum Gasteiger partial charge on any atom is -0.309 e. The Hall–Kier alpha value is -6.06. The van der Waals surface area contributed by atoms with Gasteiger partial charge >= 0.3 is 0 Å². The summed E-state index contributed by atoms with van der Waals surface area (Å²) < 4.78 is 202. The molecule has 7 aromatic carbocycles. The first-order valence-electron chi connectivity index (χ1n) is 24.7. The number of para-hydroxylation sites is 5. The molecule has 0 spiro atoms. The number of fused-ring (bicyclic) bond motifs is 9. The van der Waals surface area contributed by atoms with E-state index in [0.717, 1.165) is 9.13 Å². The number of rotatable bonds is 3. The summed E-state index contributed by atoms with van der Waals surface area (Å²) >= 11 is 0. The molecule has 0 unspecified atom stereocenters. The number of nitrogens with zero attached hydrogens (tertiary/aromatic N) is 3. The minimum atomic E-state index is -0.890. The van der Waals surface area contributed by atoms with Gasteiger partial charge in [0.2, 0.25) is 0 Å². The molecule has 3 heterocycles. The standard InChI is InChI=1S/C42H27N3/c1-2-12-28(13-3-1)43-40-21-11-7-17-34(40)36-26-29(23-25-41(36)43)45-39-20-10-6-16-33(39)35-24-22-30(27-42(35)45)44-37-18-8-4-14-31(37)32-15-5-9-19-38(32)44/h1-27H/i4D,5D,6D,7D,8D,9D,10D,11D,14D,15D,16D,17D,18D,19D,20D,21D,22D,23D,24D,25D,26D,27D. The summed E-state index contributed by atoms with van der Waals surface area (Å²) in [6.45, 7) is 0. The monoisotopic (exact) mass is 595 g/mol. The van der Waals surface area contributed by atoms with Crippen molar-refractivity contribution in [3.63, 3.8) is 0 Å². The molecule has 3 aromatic heterocycles. The van der Waals surface area contributed by atoms with Gasteiger partial charge in [-0.05, 0) is 66.5 Å². The second kappa shape index (κ2) is 9.22. The van der Waals surface area contributed by atoms with Gasteiger partial charge in [-0.3, -0.25) is 0 Å². The van der Waals surface area contributed by atoms with E-state index in [9.17, 15) is 9.60 Å². The molecular formula is C42H27N3. The lowest BCUT2D eigenvalue weighted by molar-refractivity contribution is 1.15. The maximum absolute atomic E-state index is 10.0. The topological polar surface area (TPSA) is 14.8 Å². The molecule has 0 fully saturated rings. The van der Waals surface area contributed by atoms with Crippen LogP contribution in [0.2, 0.25) is 0 Å². The van der Waals surface area contributed by atoms with Gasteiger partial charge in [0.05, 0.1) is 63.3 Å². The van der Waals surface area contributed by atoms with Crippen LogP contribution in [-0.4, -0.2) is 13.7 Å². The highest BCUT2D eigenvalue weighted by atomic mass is 15.0. The third-order valence-electron chi connectivity index (χ3n) is 7.78. The maximum Gasteiger partial charge on any atom is 0.0667 e. The maximum atomic E-state index is 10.0. The molecule has 0 saturated heterocycles. The molecule has 0 radical (unpaired) electrons. The van der Waals surface area contributed by atoms with Gasteiger partial charge < -0.3 is 13.7 Å². The second-order valence-corrected chi connectivity index (χ2v) is 10.1. The summed E-state index contributed by atoms with van der Waals surface area (Å²) in [5.41, 5.74) is -3.57. The third kappa shape index (κ3) is 3.41. The van der Waals surface area contributed by atoms with Gasteiger partial charge in [-0.1, -0.05) is 96.8 Å². The Bertz CT molecular complexity index is 3920. The zero-order valence-corrected chi connectivity index (χ0v) is 22.7. The van der Waals surface area contributed by atoms with Crippen molar-refractivity contribution in [1.29, 1.82) is 0 Å². The quantitative estimate of drug-likeness (QED) is 0.193. The summed E-state index contributed by atoms with van der Waals surface area (Å²) in [6, 6.07) is -8.60. The molecule has 0 aliphatic heterocycles. The highest BCUT2D eigenvalue weighted by Gasteiger charge is 2.18. The molecular weight excluding hydrogens is 546 g/mol. The second-order valence-electron chi connectivity index (χ2n) is 10.1. The molecule has 0 atom stereocenters. The Kier molecular flexibility index (Phi) is 2.35. The summed E-state index contributed by atoms with van der Waals surface area (Å²) in [5, 5.41) is -2.30. The van der Waals surface area contributed by atoms with Gasteiger partial charge in [-0.2, -0.15) is 0 Å². The molecule has 10 rings (SSSR count). The molecule has 45 heavy (non-hydrogen) atoms. The first kappa shape index (κ1) is 11.5. The van der Waals surface area contributed by atoms with Crippen LogP contribution in [0.1, 0.15) is 30.2 Å². The van der Waals surface area contributed by atoms with E-state index in [2.05, 4.69) is 0 Å². The molecule has 0 aliphatic carbocycles. The summed E-state index contributed by atoms with van der Waals surface area (Å²) in [4.78, 5) is 0. The van der Waals surface area contributed by atoms with Crippen LogP contribution in [0.15, 0.2) is 163 Å². The fourth-order valence-corrected chi connectivity index (χ4v) is 5.93. The van der Waals surface area contributed by atoms with Crippen molar-refractivity contribution in [2.75, 3.05) is 0 Å². The molecule has 0 amide bonds. The normalized spacial score (nSPS) is 18.8. The molecule has 10 aromatic rings. The van der Waals surface area contributed by atoms with Gasteiger partial charge in [0.1, 0.15) is 0 Å². The molecule has 0 bridgehead atoms. The lowest BCUT2D eigenvalue weighted by Crippen LogP contribution is -1.97. The van der Waals surface area contributed by atoms with Gasteiger partial charge in [-0.25, -0.2) is 0 Å². The van der Waals surface area contributed by atoms with E-state index in [0.29, 0.717) is 5.69 Å². The Balaban J connectivity index is 1.51. The first-order valence-corrected chi connectivity index (χ1v) is 13.7. The van der Waals surface area contributed by atoms with E-state index in [-0.39, 0.29) is 21.8 Å². The van der Waals surface area contributed by atoms with Gasteiger partial charge in [0.15, 0.2) is 0 Å². The third-order valence-corrected chi connectivity index (χ3v) is 7.78. The molecule has 210 valence electrons. The van der Waals surface area contributed by atoms with Crippen LogP contribution in [0.4, 0.5) is 0 Å². The Morgan fingerprint density at radius 1 is 0.311 bits per heavy atom. The van der Waals surface area contributed by atoms with E-state index in [1.807, 2.05) is 0 Å². The smallest absolute Gasteiger partial charge is 0.0667 e. The zero-order chi connectivity index (χ0) is 48.6. The van der Waals surface area contributed by atoms with Crippen LogP contribution in [0.25, 0.3) is 82.5 Å². The lowest BCUT2D eigenvalue weighted by Gasteiger charge is -2.12. The number of aromatic nitrogens is 3. The predicted octanol–water partition coefficient (Wildman–Crippen LogP) is 11.0. The molecule has 0 N–H and O–H groups in total. The van der Waals surface area contributed by atoms with E-state index in [1.54, 1.807) is 30.3 Å². The predicted molar refractivity (Wildman–Crippen MR) is 189 cm³/mol. The van der Waals surface area contributed by atoms with Crippen molar-refractivity contribution in [2.45, 2.75) is 0 Å². The molecule has 0 aliphatic rings. The van der Waals surface area contributed by atoms with Crippen LogP contribution < -0.4 is 0 Å². The summed E-state index contributed by atoms with van der Waals surface area (Å²) in [6.07, 6.45) is 0. The van der Waals surface area contributed by atoms with Gasteiger partial charge in [0, 0.05) is 49.4 Å². The van der Waals surface area contributed by atoms with Crippen molar-refractivity contribution in [2.24, 2.45) is 0 Å². The average molecular weight is 596 g/mol. The van der Waals surface area contributed by atoms with E-state index >= 15 is 0 Å². The van der Waals surface area contributed by atoms with Crippen LogP contribution in [-0.2, 0) is 0 Å². The van der Waals surface area contributed by atoms with Crippen molar-refractivity contribution in [3.8, 4) is 17.1 Å². The lowest BCUT2D eigenvalue weighted by atomic mass is 10.1. The molecule has 3 heteroatoms. The largest absolute Gasteiger partial charge is 0.309 e. The van der Waals surface area contributed by atoms with Crippen molar-refractivity contribution >= 4 is 65.4 Å². The summed E-state index contributed by atoms with van der Waals surface area (Å²) in [5.74, 6) is 0. The first-order chi connectivity index (χ1) is 31.5. The van der Waals surface area contributed by atoms with Gasteiger partial charge in [-0.15, -0.1) is 0 Å². The van der Waals surface area contributed by atoms with Crippen molar-refractivity contribution < 1.29 is 30.2 Å². The van der Waals surface area contributed by atoms with Crippen LogP contribution >= 0.6 is 0 Å². The van der Waals surface area contributed by atoms with Crippen molar-refractivity contribution in [3.05, 3.63) is 163 Å². The minimum absolute atomic E-state index is 0.161. The number of benzene rings is 7. The van der Waals surface area contributed by atoms with Crippen LogP contribution in [0, 0.1) is 0 Å². The molecule has 3 nitrogen and oxygen atoms in total.